The van der Waals surface area contributed by atoms with E-state index >= 15 is 0 Å². The Balaban J connectivity index is 1.51. The second-order valence-corrected chi connectivity index (χ2v) is 8.05. The lowest BCUT2D eigenvalue weighted by atomic mass is 10.1. The highest BCUT2D eigenvalue weighted by molar-refractivity contribution is 7.12. The van der Waals surface area contributed by atoms with Crippen LogP contribution in [0.25, 0.3) is 0 Å². The maximum absolute atomic E-state index is 12.4. The van der Waals surface area contributed by atoms with Gasteiger partial charge in [0.05, 0.1) is 10.4 Å². The van der Waals surface area contributed by atoms with Crippen molar-refractivity contribution in [3.8, 4) is 0 Å². The van der Waals surface area contributed by atoms with Gasteiger partial charge in [0.25, 0.3) is 11.8 Å². The van der Waals surface area contributed by atoms with Crippen molar-refractivity contribution in [2.45, 2.75) is 20.3 Å². The van der Waals surface area contributed by atoms with Crippen LogP contribution < -0.4 is 10.2 Å². The van der Waals surface area contributed by atoms with E-state index in [0.717, 1.165) is 30.2 Å². The highest BCUT2D eigenvalue weighted by Gasteiger charge is 2.23. The SMILES string of the molecule is CC(C)CCNC(=O)c1ccc(N2CCN(C(=O)c3cccs3)CC2)nc1. The number of hydrogen-bond acceptors (Lipinski definition) is 5. The summed E-state index contributed by atoms with van der Waals surface area (Å²) in [5.74, 6) is 1.43. The van der Waals surface area contributed by atoms with Crippen LogP contribution in [0.1, 0.15) is 40.3 Å². The Morgan fingerprint density at radius 3 is 2.56 bits per heavy atom. The largest absolute Gasteiger partial charge is 0.353 e. The summed E-state index contributed by atoms with van der Waals surface area (Å²) in [7, 11) is 0. The van der Waals surface area contributed by atoms with Gasteiger partial charge in [-0.3, -0.25) is 9.59 Å². The van der Waals surface area contributed by atoms with Crippen LogP contribution in [0.4, 0.5) is 5.82 Å². The molecular weight excluding hydrogens is 360 g/mol. The molecule has 1 aliphatic heterocycles. The van der Waals surface area contributed by atoms with Gasteiger partial charge in [-0.15, -0.1) is 11.3 Å². The number of piperazine rings is 1. The fourth-order valence-electron chi connectivity index (χ4n) is 2.98. The molecule has 27 heavy (non-hydrogen) atoms. The molecule has 3 heterocycles. The van der Waals surface area contributed by atoms with Gasteiger partial charge in [0.2, 0.25) is 0 Å². The van der Waals surface area contributed by atoms with E-state index in [1.165, 1.54) is 11.3 Å². The third-order valence-electron chi connectivity index (χ3n) is 4.64. The van der Waals surface area contributed by atoms with E-state index in [1.807, 2.05) is 34.5 Å². The minimum atomic E-state index is -0.0823. The Kier molecular flexibility index (Phi) is 6.45. The molecule has 1 fully saturated rings. The van der Waals surface area contributed by atoms with Crippen molar-refractivity contribution < 1.29 is 9.59 Å². The van der Waals surface area contributed by atoms with Crippen molar-refractivity contribution in [3.63, 3.8) is 0 Å². The van der Waals surface area contributed by atoms with Crippen molar-refractivity contribution in [2.75, 3.05) is 37.6 Å². The van der Waals surface area contributed by atoms with Crippen LogP contribution in [0.2, 0.25) is 0 Å². The zero-order valence-electron chi connectivity index (χ0n) is 15.9. The van der Waals surface area contributed by atoms with Gasteiger partial charge in [0.15, 0.2) is 0 Å². The molecule has 1 N–H and O–H groups in total. The summed E-state index contributed by atoms with van der Waals surface area (Å²) >= 11 is 1.48. The standard InChI is InChI=1S/C20H26N4O2S/c1-15(2)7-8-21-19(25)16-5-6-18(22-14-16)23-9-11-24(12-10-23)20(26)17-4-3-13-27-17/h3-6,13-15H,7-12H2,1-2H3,(H,21,25). The van der Waals surface area contributed by atoms with Crippen LogP contribution in [-0.4, -0.2) is 54.4 Å². The highest BCUT2D eigenvalue weighted by Crippen LogP contribution is 2.17. The molecule has 0 atom stereocenters. The second-order valence-electron chi connectivity index (χ2n) is 7.10. The summed E-state index contributed by atoms with van der Waals surface area (Å²) in [4.78, 5) is 33.8. The average Bonchev–Trinajstić information content (AvgIpc) is 3.22. The number of carbonyl (C=O) groups is 2. The van der Waals surface area contributed by atoms with E-state index in [1.54, 1.807) is 6.20 Å². The van der Waals surface area contributed by atoms with E-state index in [2.05, 4.69) is 29.0 Å². The number of aromatic nitrogens is 1. The third kappa shape index (κ3) is 5.07. The lowest BCUT2D eigenvalue weighted by molar-refractivity contribution is 0.0751. The van der Waals surface area contributed by atoms with Crippen molar-refractivity contribution in [1.29, 1.82) is 0 Å². The predicted octanol–water partition coefficient (Wildman–Crippen LogP) is 2.88. The minimum Gasteiger partial charge on any atom is -0.353 e. The molecule has 2 aromatic heterocycles. The number of amides is 2. The first-order valence-corrected chi connectivity index (χ1v) is 10.2. The summed E-state index contributed by atoms with van der Waals surface area (Å²) in [6.07, 6.45) is 2.59. The molecule has 2 aromatic rings. The number of nitrogens with zero attached hydrogens (tertiary/aromatic N) is 3. The second kappa shape index (κ2) is 8.99. The van der Waals surface area contributed by atoms with Gasteiger partial charge in [-0.25, -0.2) is 4.98 Å². The fraction of sp³-hybridized carbons (Fsp3) is 0.450. The van der Waals surface area contributed by atoms with Crippen LogP contribution in [0.15, 0.2) is 35.8 Å². The van der Waals surface area contributed by atoms with Gasteiger partial charge < -0.3 is 15.1 Å². The van der Waals surface area contributed by atoms with Crippen molar-refractivity contribution >= 4 is 29.0 Å². The monoisotopic (exact) mass is 386 g/mol. The molecule has 0 unspecified atom stereocenters. The third-order valence-corrected chi connectivity index (χ3v) is 5.50. The Hall–Kier alpha value is -2.41. The van der Waals surface area contributed by atoms with Gasteiger partial charge in [-0.05, 0) is 35.9 Å². The maximum Gasteiger partial charge on any atom is 0.264 e. The maximum atomic E-state index is 12.4. The van der Waals surface area contributed by atoms with E-state index in [4.69, 9.17) is 0 Å². The normalized spacial score (nSPS) is 14.5. The van der Waals surface area contributed by atoms with Crippen LogP contribution >= 0.6 is 11.3 Å². The Labute approximate surface area is 164 Å². The smallest absolute Gasteiger partial charge is 0.264 e. The highest BCUT2D eigenvalue weighted by atomic mass is 32.1. The molecule has 144 valence electrons. The van der Waals surface area contributed by atoms with Gasteiger partial charge in [-0.1, -0.05) is 19.9 Å². The van der Waals surface area contributed by atoms with Crippen LogP contribution in [0.3, 0.4) is 0 Å². The van der Waals surface area contributed by atoms with E-state index in [0.29, 0.717) is 31.1 Å². The minimum absolute atomic E-state index is 0.0823. The summed E-state index contributed by atoms with van der Waals surface area (Å²) < 4.78 is 0. The van der Waals surface area contributed by atoms with Crippen LogP contribution in [-0.2, 0) is 0 Å². The molecule has 6 nitrogen and oxygen atoms in total. The van der Waals surface area contributed by atoms with Crippen molar-refractivity contribution in [3.05, 3.63) is 46.3 Å². The molecular formula is C20H26N4O2S. The molecule has 7 heteroatoms. The summed E-state index contributed by atoms with van der Waals surface area (Å²) in [6.45, 7) is 7.78. The van der Waals surface area contributed by atoms with Gasteiger partial charge in [0, 0.05) is 38.9 Å². The molecule has 0 radical (unpaired) electrons. The Bertz CT molecular complexity index is 751. The van der Waals surface area contributed by atoms with Crippen molar-refractivity contribution in [1.82, 2.24) is 15.2 Å². The molecule has 3 rings (SSSR count). The predicted molar refractivity (Wildman–Crippen MR) is 108 cm³/mol. The summed E-state index contributed by atoms with van der Waals surface area (Å²) in [5.41, 5.74) is 0.578. The van der Waals surface area contributed by atoms with E-state index in [9.17, 15) is 9.59 Å². The van der Waals surface area contributed by atoms with Gasteiger partial charge in [0.1, 0.15) is 5.82 Å². The zero-order valence-corrected chi connectivity index (χ0v) is 16.7. The number of anilines is 1. The molecule has 1 saturated heterocycles. The first-order chi connectivity index (χ1) is 13.0. The number of hydrogen-bond donors (Lipinski definition) is 1. The zero-order chi connectivity index (χ0) is 19.2. The average molecular weight is 387 g/mol. The van der Waals surface area contributed by atoms with E-state index in [-0.39, 0.29) is 11.8 Å². The fourth-order valence-corrected chi connectivity index (χ4v) is 3.67. The van der Waals surface area contributed by atoms with E-state index < -0.39 is 0 Å². The number of nitrogens with one attached hydrogen (secondary N) is 1. The van der Waals surface area contributed by atoms with Gasteiger partial charge >= 0.3 is 0 Å². The van der Waals surface area contributed by atoms with Crippen molar-refractivity contribution in [2.24, 2.45) is 5.92 Å². The van der Waals surface area contributed by atoms with Gasteiger partial charge in [-0.2, -0.15) is 0 Å². The number of rotatable bonds is 6. The molecule has 0 bridgehead atoms. The number of carbonyl (C=O) groups excluding carboxylic acids is 2. The Morgan fingerprint density at radius 1 is 1.19 bits per heavy atom. The molecule has 0 saturated carbocycles. The number of pyridine rings is 1. The topological polar surface area (TPSA) is 65.5 Å². The quantitative estimate of drug-likeness (QED) is 0.829. The van der Waals surface area contributed by atoms with Crippen LogP contribution in [0, 0.1) is 5.92 Å². The number of thiophene rings is 1. The summed E-state index contributed by atoms with van der Waals surface area (Å²) in [5, 5.41) is 4.85. The molecule has 0 spiro atoms. The molecule has 0 aromatic carbocycles. The lowest BCUT2D eigenvalue weighted by Gasteiger charge is -2.35. The Morgan fingerprint density at radius 2 is 1.96 bits per heavy atom. The summed E-state index contributed by atoms with van der Waals surface area (Å²) in [6, 6.07) is 7.47. The first-order valence-electron chi connectivity index (χ1n) is 9.36. The van der Waals surface area contributed by atoms with Crippen LogP contribution in [0.5, 0.6) is 0 Å². The molecule has 1 aliphatic rings. The molecule has 0 aliphatic carbocycles. The molecule has 2 amide bonds. The lowest BCUT2D eigenvalue weighted by Crippen LogP contribution is -2.48. The first kappa shape index (κ1) is 19.4.